The highest BCUT2D eigenvalue weighted by Gasteiger charge is 2.00. The van der Waals surface area contributed by atoms with E-state index in [1.807, 2.05) is 0 Å². The lowest BCUT2D eigenvalue weighted by atomic mass is 10.1. The van der Waals surface area contributed by atoms with Gasteiger partial charge in [-0.3, -0.25) is 4.99 Å². The second-order valence-electron chi connectivity index (χ2n) is 4.74. The van der Waals surface area contributed by atoms with Crippen LogP contribution in [-0.2, 0) is 11.3 Å². The summed E-state index contributed by atoms with van der Waals surface area (Å²) in [6.45, 7) is 7.40. The Morgan fingerprint density at radius 3 is 2.70 bits per heavy atom. The number of benzene rings is 1. The Morgan fingerprint density at radius 1 is 1.20 bits per heavy atom. The molecule has 0 aliphatic carbocycles. The predicted molar refractivity (Wildman–Crippen MR) is 85.1 cm³/mol. The van der Waals surface area contributed by atoms with Crippen molar-refractivity contribution in [1.29, 1.82) is 0 Å². The van der Waals surface area contributed by atoms with Crippen molar-refractivity contribution in [3.8, 4) is 0 Å². The second-order valence-corrected chi connectivity index (χ2v) is 4.74. The molecule has 0 unspecified atom stereocenters. The minimum absolute atomic E-state index is 0.713. The van der Waals surface area contributed by atoms with Gasteiger partial charge in [0.15, 0.2) is 5.96 Å². The van der Waals surface area contributed by atoms with E-state index in [0.717, 1.165) is 32.1 Å². The second kappa shape index (κ2) is 10.3. The average Bonchev–Trinajstić information content (AvgIpc) is 2.47. The fourth-order valence-corrected chi connectivity index (χ4v) is 1.80. The average molecular weight is 277 g/mol. The fourth-order valence-electron chi connectivity index (χ4n) is 1.80. The summed E-state index contributed by atoms with van der Waals surface area (Å²) < 4.78 is 5.51. The molecule has 0 amide bonds. The van der Waals surface area contributed by atoms with Crippen LogP contribution in [0.2, 0.25) is 0 Å². The normalized spacial score (nSPS) is 11.4. The minimum atomic E-state index is 0.713. The molecule has 0 saturated heterocycles. The standard InChI is InChI=1S/C16H27N3O/c1-4-5-11-20-12-10-18-16(17-3)19-13-15-9-7-6-8-14(15)2/h6-9H,4-5,10-13H2,1-3H3,(H2,17,18,19). The van der Waals surface area contributed by atoms with Crippen LogP contribution in [0.1, 0.15) is 30.9 Å². The first kappa shape index (κ1) is 16.5. The van der Waals surface area contributed by atoms with Crippen molar-refractivity contribution in [2.45, 2.75) is 33.2 Å². The molecule has 0 saturated carbocycles. The maximum absolute atomic E-state index is 5.51. The monoisotopic (exact) mass is 277 g/mol. The van der Waals surface area contributed by atoms with Crippen molar-refractivity contribution in [2.75, 3.05) is 26.8 Å². The van der Waals surface area contributed by atoms with E-state index in [0.29, 0.717) is 6.61 Å². The van der Waals surface area contributed by atoms with Gasteiger partial charge in [0.2, 0.25) is 0 Å². The zero-order chi connectivity index (χ0) is 14.6. The van der Waals surface area contributed by atoms with E-state index in [-0.39, 0.29) is 0 Å². The van der Waals surface area contributed by atoms with Crippen LogP contribution < -0.4 is 10.6 Å². The topological polar surface area (TPSA) is 45.6 Å². The third-order valence-electron chi connectivity index (χ3n) is 3.11. The van der Waals surface area contributed by atoms with Gasteiger partial charge in [0.05, 0.1) is 6.61 Å². The number of unbranched alkanes of at least 4 members (excludes halogenated alkanes) is 1. The first-order chi connectivity index (χ1) is 9.77. The predicted octanol–water partition coefficient (Wildman–Crippen LogP) is 2.48. The van der Waals surface area contributed by atoms with Gasteiger partial charge in [0, 0.05) is 26.7 Å². The van der Waals surface area contributed by atoms with Crippen LogP contribution in [0.5, 0.6) is 0 Å². The summed E-state index contributed by atoms with van der Waals surface area (Å²) in [6.07, 6.45) is 2.30. The lowest BCUT2D eigenvalue weighted by Crippen LogP contribution is -2.38. The minimum Gasteiger partial charge on any atom is -0.380 e. The highest BCUT2D eigenvalue weighted by molar-refractivity contribution is 5.79. The van der Waals surface area contributed by atoms with Gasteiger partial charge in [-0.15, -0.1) is 0 Å². The highest BCUT2D eigenvalue weighted by Crippen LogP contribution is 2.05. The highest BCUT2D eigenvalue weighted by atomic mass is 16.5. The first-order valence-corrected chi connectivity index (χ1v) is 7.34. The van der Waals surface area contributed by atoms with Crippen molar-refractivity contribution >= 4 is 5.96 Å². The van der Waals surface area contributed by atoms with Crippen LogP contribution >= 0.6 is 0 Å². The van der Waals surface area contributed by atoms with Crippen molar-refractivity contribution in [3.05, 3.63) is 35.4 Å². The Kier molecular flexibility index (Phi) is 8.47. The summed E-state index contributed by atoms with van der Waals surface area (Å²) in [6, 6.07) is 8.36. The Balaban J connectivity index is 2.22. The molecule has 0 spiro atoms. The molecule has 0 aliphatic heterocycles. The van der Waals surface area contributed by atoms with Crippen LogP contribution in [0.25, 0.3) is 0 Å². The molecule has 0 aromatic heterocycles. The number of guanidine groups is 1. The molecule has 4 nitrogen and oxygen atoms in total. The molecule has 1 rings (SSSR count). The Labute approximate surface area is 122 Å². The molecule has 112 valence electrons. The molecule has 0 bridgehead atoms. The van der Waals surface area contributed by atoms with Crippen molar-refractivity contribution in [3.63, 3.8) is 0 Å². The summed E-state index contributed by atoms with van der Waals surface area (Å²) in [5.41, 5.74) is 2.58. The molecule has 20 heavy (non-hydrogen) atoms. The van der Waals surface area contributed by atoms with E-state index in [2.05, 4.69) is 53.7 Å². The van der Waals surface area contributed by atoms with E-state index in [1.54, 1.807) is 7.05 Å². The van der Waals surface area contributed by atoms with Crippen molar-refractivity contribution < 1.29 is 4.74 Å². The lowest BCUT2D eigenvalue weighted by molar-refractivity contribution is 0.136. The number of nitrogens with one attached hydrogen (secondary N) is 2. The molecule has 0 aliphatic rings. The van der Waals surface area contributed by atoms with E-state index < -0.39 is 0 Å². The Hall–Kier alpha value is -1.55. The van der Waals surface area contributed by atoms with Crippen molar-refractivity contribution in [1.82, 2.24) is 10.6 Å². The molecule has 0 heterocycles. The van der Waals surface area contributed by atoms with Gasteiger partial charge in [-0.2, -0.15) is 0 Å². The SMILES string of the molecule is CCCCOCCNC(=NC)NCc1ccccc1C. The summed E-state index contributed by atoms with van der Waals surface area (Å²) in [4.78, 5) is 4.21. The number of aliphatic imine (C=N–C) groups is 1. The largest absolute Gasteiger partial charge is 0.380 e. The van der Waals surface area contributed by atoms with Gasteiger partial charge in [-0.1, -0.05) is 37.6 Å². The van der Waals surface area contributed by atoms with Crippen LogP contribution in [0.15, 0.2) is 29.3 Å². The Morgan fingerprint density at radius 2 is 2.00 bits per heavy atom. The van der Waals surface area contributed by atoms with Gasteiger partial charge in [-0.25, -0.2) is 0 Å². The van der Waals surface area contributed by atoms with Crippen LogP contribution in [0.3, 0.4) is 0 Å². The summed E-state index contributed by atoms with van der Waals surface area (Å²) in [5, 5.41) is 6.56. The number of nitrogens with zero attached hydrogens (tertiary/aromatic N) is 1. The van der Waals surface area contributed by atoms with Crippen LogP contribution in [0.4, 0.5) is 0 Å². The number of hydrogen-bond donors (Lipinski definition) is 2. The van der Waals surface area contributed by atoms with Gasteiger partial charge in [-0.05, 0) is 24.5 Å². The molecule has 1 aromatic carbocycles. The number of rotatable bonds is 8. The molecule has 1 aromatic rings. The van der Waals surface area contributed by atoms with Crippen molar-refractivity contribution in [2.24, 2.45) is 4.99 Å². The van der Waals surface area contributed by atoms with Gasteiger partial charge >= 0.3 is 0 Å². The van der Waals surface area contributed by atoms with Gasteiger partial charge < -0.3 is 15.4 Å². The first-order valence-electron chi connectivity index (χ1n) is 7.34. The summed E-state index contributed by atoms with van der Waals surface area (Å²) in [7, 11) is 1.78. The van der Waals surface area contributed by atoms with Gasteiger partial charge in [0.1, 0.15) is 0 Å². The number of hydrogen-bond acceptors (Lipinski definition) is 2. The van der Waals surface area contributed by atoms with Gasteiger partial charge in [0.25, 0.3) is 0 Å². The summed E-state index contributed by atoms with van der Waals surface area (Å²) in [5.74, 6) is 0.812. The van der Waals surface area contributed by atoms with Crippen LogP contribution in [0, 0.1) is 6.92 Å². The third kappa shape index (κ3) is 6.57. The van der Waals surface area contributed by atoms with E-state index in [4.69, 9.17) is 4.74 Å². The summed E-state index contributed by atoms with van der Waals surface area (Å²) >= 11 is 0. The molecule has 0 fully saturated rings. The maximum Gasteiger partial charge on any atom is 0.191 e. The lowest BCUT2D eigenvalue weighted by Gasteiger charge is -2.13. The zero-order valence-electron chi connectivity index (χ0n) is 12.9. The molecule has 0 radical (unpaired) electrons. The van der Waals surface area contributed by atoms with Crippen LogP contribution in [-0.4, -0.2) is 32.8 Å². The van der Waals surface area contributed by atoms with E-state index in [1.165, 1.54) is 17.5 Å². The molecular weight excluding hydrogens is 250 g/mol. The number of ether oxygens (including phenoxy) is 1. The van der Waals surface area contributed by atoms with E-state index >= 15 is 0 Å². The van der Waals surface area contributed by atoms with E-state index in [9.17, 15) is 0 Å². The third-order valence-corrected chi connectivity index (χ3v) is 3.11. The maximum atomic E-state index is 5.51. The number of aryl methyl sites for hydroxylation is 1. The molecule has 2 N–H and O–H groups in total. The smallest absolute Gasteiger partial charge is 0.191 e. The molecule has 4 heteroatoms. The zero-order valence-corrected chi connectivity index (χ0v) is 12.9. The fraction of sp³-hybridized carbons (Fsp3) is 0.562. The quantitative estimate of drug-likeness (QED) is 0.436. The molecular formula is C16H27N3O. The Bertz CT molecular complexity index is 404. The molecule has 0 atom stereocenters.